The first kappa shape index (κ1) is 9.96. The summed E-state index contributed by atoms with van der Waals surface area (Å²) in [6.07, 6.45) is 1.09. The van der Waals surface area contributed by atoms with Crippen LogP contribution >= 0.6 is 0 Å². The summed E-state index contributed by atoms with van der Waals surface area (Å²) in [6, 6.07) is 0. The van der Waals surface area contributed by atoms with Gasteiger partial charge in [-0.15, -0.1) is 0 Å². The third kappa shape index (κ3) is 2.19. The first-order valence-corrected chi connectivity index (χ1v) is 4.53. The minimum atomic E-state index is -0.0731. The number of hydrogen-bond donors (Lipinski definition) is 1. The molecule has 12 heavy (non-hydrogen) atoms. The van der Waals surface area contributed by atoms with Crippen molar-refractivity contribution in [2.24, 2.45) is 11.1 Å². The molecular weight excluding hydrogens is 154 g/mol. The lowest BCUT2D eigenvalue weighted by Gasteiger charge is -2.29. The molecule has 1 heterocycles. The predicted octanol–water partition coefficient (Wildman–Crippen LogP) is 1.12. The molecule has 72 valence electrons. The lowest BCUT2D eigenvalue weighted by molar-refractivity contribution is -0.130. The van der Waals surface area contributed by atoms with Crippen molar-refractivity contribution in [3.8, 4) is 0 Å². The zero-order valence-corrected chi connectivity index (χ0v) is 8.17. The number of hydrogen-bond acceptors (Lipinski definition) is 3. The lowest BCUT2D eigenvalue weighted by Crippen LogP contribution is -2.32. The summed E-state index contributed by atoms with van der Waals surface area (Å²) in [7, 11) is 0. The van der Waals surface area contributed by atoms with Crippen molar-refractivity contribution in [1.82, 2.24) is 0 Å². The van der Waals surface area contributed by atoms with E-state index in [1.54, 1.807) is 0 Å². The van der Waals surface area contributed by atoms with Crippen LogP contribution in [0.3, 0.4) is 0 Å². The monoisotopic (exact) mass is 173 g/mol. The van der Waals surface area contributed by atoms with Crippen LogP contribution < -0.4 is 5.73 Å². The van der Waals surface area contributed by atoms with Crippen molar-refractivity contribution in [2.75, 3.05) is 13.2 Å². The molecule has 1 fully saturated rings. The Labute approximate surface area is 74.2 Å². The van der Waals surface area contributed by atoms with Crippen LogP contribution in [0.2, 0.25) is 0 Å². The van der Waals surface area contributed by atoms with E-state index < -0.39 is 0 Å². The van der Waals surface area contributed by atoms with E-state index in [4.69, 9.17) is 15.2 Å². The fraction of sp³-hybridized carbons (Fsp3) is 1.00. The van der Waals surface area contributed by atoms with Crippen molar-refractivity contribution in [1.29, 1.82) is 0 Å². The normalized spacial score (nSPS) is 31.0. The molecule has 0 radical (unpaired) electrons. The molecule has 2 unspecified atom stereocenters. The minimum Gasteiger partial charge on any atom is -0.349 e. The maximum Gasteiger partial charge on any atom is 0.163 e. The van der Waals surface area contributed by atoms with Gasteiger partial charge in [0.25, 0.3) is 0 Å². The zero-order chi connectivity index (χ0) is 9.19. The average molecular weight is 173 g/mol. The first-order valence-electron chi connectivity index (χ1n) is 4.53. The standard InChI is InChI=1S/C9H19NO2/c1-7-6-11-8(12-7)9(2,3)4-5-10/h7-8H,4-6,10H2,1-3H3. The molecule has 3 heteroatoms. The van der Waals surface area contributed by atoms with E-state index in [0.29, 0.717) is 13.2 Å². The van der Waals surface area contributed by atoms with Crippen LogP contribution in [0.25, 0.3) is 0 Å². The highest BCUT2D eigenvalue weighted by Gasteiger charge is 2.35. The van der Waals surface area contributed by atoms with E-state index in [0.717, 1.165) is 6.42 Å². The second-order valence-corrected chi connectivity index (χ2v) is 4.14. The highest BCUT2D eigenvalue weighted by atomic mass is 16.7. The fourth-order valence-electron chi connectivity index (χ4n) is 1.41. The summed E-state index contributed by atoms with van der Waals surface area (Å²) in [5, 5.41) is 0. The van der Waals surface area contributed by atoms with Crippen molar-refractivity contribution in [3.05, 3.63) is 0 Å². The highest BCUT2D eigenvalue weighted by Crippen LogP contribution is 2.31. The van der Waals surface area contributed by atoms with Crippen LogP contribution in [0.1, 0.15) is 27.2 Å². The van der Waals surface area contributed by atoms with Gasteiger partial charge in [0, 0.05) is 5.41 Å². The molecule has 1 aliphatic rings. The van der Waals surface area contributed by atoms with Gasteiger partial charge in [-0.05, 0) is 19.9 Å². The Balaban J connectivity index is 2.45. The van der Waals surface area contributed by atoms with E-state index in [1.807, 2.05) is 6.92 Å². The maximum atomic E-state index is 5.60. The first-order chi connectivity index (χ1) is 5.56. The van der Waals surface area contributed by atoms with Gasteiger partial charge >= 0.3 is 0 Å². The maximum absolute atomic E-state index is 5.60. The molecule has 0 bridgehead atoms. The van der Waals surface area contributed by atoms with Crippen LogP contribution in [-0.2, 0) is 9.47 Å². The van der Waals surface area contributed by atoms with Crippen molar-refractivity contribution in [3.63, 3.8) is 0 Å². The molecule has 0 aromatic rings. The van der Waals surface area contributed by atoms with Crippen LogP contribution in [-0.4, -0.2) is 25.5 Å². The number of nitrogens with two attached hydrogens (primary N) is 1. The van der Waals surface area contributed by atoms with Gasteiger partial charge in [-0.2, -0.15) is 0 Å². The van der Waals surface area contributed by atoms with E-state index in [1.165, 1.54) is 0 Å². The Morgan fingerprint density at radius 2 is 2.17 bits per heavy atom. The number of ether oxygens (including phenoxy) is 2. The summed E-state index contributed by atoms with van der Waals surface area (Å²) in [4.78, 5) is 0. The van der Waals surface area contributed by atoms with E-state index in [-0.39, 0.29) is 17.8 Å². The summed E-state index contributed by atoms with van der Waals surface area (Å²) in [5.41, 5.74) is 5.55. The van der Waals surface area contributed by atoms with Gasteiger partial charge in [-0.3, -0.25) is 0 Å². The molecule has 0 aliphatic carbocycles. The van der Waals surface area contributed by atoms with Crippen LogP contribution in [0, 0.1) is 5.41 Å². The molecule has 2 N–H and O–H groups in total. The van der Waals surface area contributed by atoms with Crippen LogP contribution in [0.4, 0.5) is 0 Å². The van der Waals surface area contributed by atoms with Gasteiger partial charge in [0.1, 0.15) is 0 Å². The second-order valence-electron chi connectivity index (χ2n) is 4.14. The van der Waals surface area contributed by atoms with Gasteiger partial charge < -0.3 is 15.2 Å². The van der Waals surface area contributed by atoms with Gasteiger partial charge in [-0.1, -0.05) is 13.8 Å². The molecule has 0 saturated carbocycles. The van der Waals surface area contributed by atoms with Gasteiger partial charge in [0.15, 0.2) is 6.29 Å². The quantitative estimate of drug-likeness (QED) is 0.695. The topological polar surface area (TPSA) is 44.5 Å². The highest BCUT2D eigenvalue weighted by molar-refractivity contribution is 4.77. The molecule has 0 aromatic carbocycles. The summed E-state index contributed by atoms with van der Waals surface area (Å²) in [6.45, 7) is 7.67. The Morgan fingerprint density at radius 1 is 1.50 bits per heavy atom. The third-order valence-corrected chi connectivity index (χ3v) is 2.26. The zero-order valence-electron chi connectivity index (χ0n) is 8.17. The van der Waals surface area contributed by atoms with E-state index in [2.05, 4.69) is 13.8 Å². The van der Waals surface area contributed by atoms with Crippen molar-refractivity contribution < 1.29 is 9.47 Å². The largest absolute Gasteiger partial charge is 0.349 e. The van der Waals surface area contributed by atoms with Crippen LogP contribution in [0.15, 0.2) is 0 Å². The smallest absolute Gasteiger partial charge is 0.163 e. The molecule has 0 amide bonds. The molecule has 0 aromatic heterocycles. The van der Waals surface area contributed by atoms with Crippen molar-refractivity contribution >= 4 is 0 Å². The van der Waals surface area contributed by atoms with E-state index in [9.17, 15) is 0 Å². The molecule has 3 nitrogen and oxygen atoms in total. The average Bonchev–Trinajstić information content (AvgIpc) is 2.36. The molecule has 1 rings (SSSR count). The van der Waals surface area contributed by atoms with Gasteiger partial charge in [0.2, 0.25) is 0 Å². The van der Waals surface area contributed by atoms with Gasteiger partial charge in [-0.25, -0.2) is 0 Å². The molecule has 1 saturated heterocycles. The Kier molecular flexibility index (Phi) is 3.09. The molecule has 2 atom stereocenters. The predicted molar refractivity (Wildman–Crippen MR) is 47.7 cm³/mol. The van der Waals surface area contributed by atoms with Gasteiger partial charge in [0.05, 0.1) is 12.7 Å². The molecule has 0 spiro atoms. The van der Waals surface area contributed by atoms with Crippen LogP contribution in [0.5, 0.6) is 0 Å². The second kappa shape index (κ2) is 3.73. The summed E-state index contributed by atoms with van der Waals surface area (Å²) < 4.78 is 11.1. The van der Waals surface area contributed by atoms with E-state index >= 15 is 0 Å². The van der Waals surface area contributed by atoms with Crippen molar-refractivity contribution in [2.45, 2.75) is 39.6 Å². The number of rotatable bonds is 3. The minimum absolute atomic E-state index is 0.0412. The Bertz CT molecular complexity index is 147. The third-order valence-electron chi connectivity index (χ3n) is 2.26. The SMILES string of the molecule is CC1COC(C(C)(C)CCN)O1. The fourth-order valence-corrected chi connectivity index (χ4v) is 1.41. The summed E-state index contributed by atoms with van der Waals surface area (Å²) >= 11 is 0. The lowest BCUT2D eigenvalue weighted by atomic mass is 9.88. The Morgan fingerprint density at radius 3 is 2.58 bits per heavy atom. The summed E-state index contributed by atoms with van der Waals surface area (Å²) in [5.74, 6) is 0. The molecule has 1 aliphatic heterocycles. The molecular formula is C9H19NO2. The Hall–Kier alpha value is -0.120.